The molecule has 2 heterocycles. The highest BCUT2D eigenvalue weighted by Gasteiger charge is 2.18. The average Bonchev–Trinajstić information content (AvgIpc) is 2.99. The second-order valence-electron chi connectivity index (χ2n) is 5.37. The van der Waals surface area contributed by atoms with Crippen molar-refractivity contribution in [3.63, 3.8) is 0 Å². The van der Waals surface area contributed by atoms with E-state index in [1.807, 2.05) is 19.0 Å². The van der Waals surface area contributed by atoms with Gasteiger partial charge in [-0.05, 0) is 14.1 Å². The summed E-state index contributed by atoms with van der Waals surface area (Å²) in [5.74, 6) is -0.438. The molecule has 5 N–H and O–H groups in total. The van der Waals surface area contributed by atoms with Crippen LogP contribution in [0.2, 0.25) is 0 Å². The van der Waals surface area contributed by atoms with Crippen LogP contribution in [0, 0.1) is 0 Å². The van der Waals surface area contributed by atoms with Crippen LogP contribution in [-0.2, 0) is 13.6 Å². The summed E-state index contributed by atoms with van der Waals surface area (Å²) in [5, 5.41) is 2.58. The van der Waals surface area contributed by atoms with Crippen LogP contribution in [0.15, 0.2) is 12.4 Å². The zero-order valence-corrected chi connectivity index (χ0v) is 13.3. The first kappa shape index (κ1) is 16.5. The Hall–Kier alpha value is -2.88. The molecule has 0 saturated heterocycles. The molecule has 0 atom stereocenters. The third-order valence-electron chi connectivity index (χ3n) is 3.12. The number of primary amides is 1. The summed E-state index contributed by atoms with van der Waals surface area (Å²) in [6.07, 6.45) is 3.09. The van der Waals surface area contributed by atoms with E-state index >= 15 is 0 Å². The van der Waals surface area contributed by atoms with Gasteiger partial charge in [0.05, 0.1) is 0 Å². The molecule has 0 bridgehead atoms. The van der Waals surface area contributed by atoms with Crippen LogP contribution in [0.25, 0.3) is 0 Å². The predicted molar refractivity (Wildman–Crippen MR) is 84.9 cm³/mol. The van der Waals surface area contributed by atoms with Crippen molar-refractivity contribution in [3.8, 4) is 0 Å². The van der Waals surface area contributed by atoms with Gasteiger partial charge < -0.3 is 30.8 Å². The molecule has 2 aromatic rings. The molecule has 0 saturated carbocycles. The van der Waals surface area contributed by atoms with Gasteiger partial charge in [-0.2, -0.15) is 0 Å². The minimum absolute atomic E-state index is 0.0847. The number of amides is 2. The van der Waals surface area contributed by atoms with Crippen LogP contribution >= 0.6 is 0 Å². The molecule has 0 fully saturated rings. The second kappa shape index (κ2) is 6.48. The van der Waals surface area contributed by atoms with Gasteiger partial charge in [0.15, 0.2) is 5.82 Å². The van der Waals surface area contributed by atoms with Crippen molar-refractivity contribution >= 4 is 23.5 Å². The van der Waals surface area contributed by atoms with Gasteiger partial charge >= 0.3 is 0 Å². The van der Waals surface area contributed by atoms with Gasteiger partial charge in [0, 0.05) is 32.5 Å². The highest BCUT2D eigenvalue weighted by Crippen LogP contribution is 2.11. The van der Waals surface area contributed by atoms with Crippen LogP contribution < -0.4 is 16.8 Å². The molecule has 23 heavy (non-hydrogen) atoms. The summed E-state index contributed by atoms with van der Waals surface area (Å²) in [6.45, 7) is 1.21. The molecule has 10 heteroatoms. The Morgan fingerprint density at radius 2 is 1.96 bits per heavy atom. The Morgan fingerprint density at radius 1 is 1.26 bits per heavy atom. The number of nitrogens with one attached hydrogen (secondary N) is 1. The lowest BCUT2D eigenvalue weighted by molar-refractivity contribution is 0.0982. The second-order valence-corrected chi connectivity index (χ2v) is 5.37. The number of carbonyl (C=O) groups is 2. The number of nitrogens with two attached hydrogens (primary N) is 2. The van der Waals surface area contributed by atoms with Crippen molar-refractivity contribution in [1.29, 1.82) is 0 Å². The molecule has 124 valence electrons. The number of nitrogens with zero attached hydrogens (tertiary/aromatic N) is 5. The van der Waals surface area contributed by atoms with Crippen molar-refractivity contribution in [2.24, 2.45) is 12.8 Å². The number of anilines is 2. The SMILES string of the molecule is CN(C)CCn1cc(NC(=O)c2nc(N)cn2C)nc1C(N)=O. The van der Waals surface area contributed by atoms with Crippen LogP contribution in [0.3, 0.4) is 0 Å². The highest BCUT2D eigenvalue weighted by atomic mass is 16.2. The van der Waals surface area contributed by atoms with Gasteiger partial charge in [-0.1, -0.05) is 0 Å². The minimum atomic E-state index is -0.662. The Bertz CT molecular complexity index is 730. The Kier molecular flexibility index (Phi) is 4.65. The topological polar surface area (TPSA) is 137 Å². The first-order valence-corrected chi connectivity index (χ1v) is 6.90. The molecule has 0 aromatic carbocycles. The lowest BCUT2D eigenvalue weighted by Gasteiger charge is -2.10. The molecule has 0 aliphatic heterocycles. The largest absolute Gasteiger partial charge is 0.382 e. The lowest BCUT2D eigenvalue weighted by atomic mass is 10.5. The number of aromatic nitrogens is 4. The maximum atomic E-state index is 12.2. The van der Waals surface area contributed by atoms with E-state index in [2.05, 4.69) is 15.3 Å². The van der Waals surface area contributed by atoms with E-state index in [-0.39, 0.29) is 23.3 Å². The smallest absolute Gasteiger partial charge is 0.292 e. The van der Waals surface area contributed by atoms with Gasteiger partial charge in [0.1, 0.15) is 5.82 Å². The molecule has 0 spiro atoms. The molecule has 0 radical (unpaired) electrons. The van der Waals surface area contributed by atoms with E-state index in [1.165, 1.54) is 10.8 Å². The van der Waals surface area contributed by atoms with Gasteiger partial charge in [-0.25, -0.2) is 9.97 Å². The number of nitrogen functional groups attached to an aromatic ring is 1. The third-order valence-corrected chi connectivity index (χ3v) is 3.12. The number of aryl methyl sites for hydroxylation is 1. The van der Waals surface area contributed by atoms with Gasteiger partial charge in [0.2, 0.25) is 11.6 Å². The molecule has 0 aliphatic rings. The van der Waals surface area contributed by atoms with E-state index in [1.54, 1.807) is 17.8 Å². The van der Waals surface area contributed by atoms with Crippen LogP contribution in [0.1, 0.15) is 21.2 Å². The first-order valence-electron chi connectivity index (χ1n) is 6.90. The summed E-state index contributed by atoms with van der Waals surface area (Å²) in [7, 11) is 5.48. The van der Waals surface area contributed by atoms with Crippen LogP contribution in [-0.4, -0.2) is 56.5 Å². The summed E-state index contributed by atoms with van der Waals surface area (Å²) in [4.78, 5) is 33.6. The number of hydrogen-bond donors (Lipinski definition) is 3. The molecule has 2 aromatic heterocycles. The Labute approximate surface area is 133 Å². The maximum absolute atomic E-state index is 12.2. The quantitative estimate of drug-likeness (QED) is 0.631. The van der Waals surface area contributed by atoms with Crippen molar-refractivity contribution < 1.29 is 9.59 Å². The monoisotopic (exact) mass is 320 g/mol. The van der Waals surface area contributed by atoms with E-state index < -0.39 is 11.8 Å². The minimum Gasteiger partial charge on any atom is -0.382 e. The molecule has 0 aliphatic carbocycles. The van der Waals surface area contributed by atoms with Gasteiger partial charge in [-0.3, -0.25) is 9.59 Å². The van der Waals surface area contributed by atoms with Crippen LogP contribution in [0.4, 0.5) is 11.6 Å². The van der Waals surface area contributed by atoms with E-state index in [0.717, 1.165) is 0 Å². The number of imidazole rings is 2. The summed E-state index contributed by atoms with van der Waals surface area (Å²) in [5.41, 5.74) is 10.9. The zero-order chi connectivity index (χ0) is 17.1. The highest BCUT2D eigenvalue weighted by molar-refractivity contribution is 6.02. The Balaban J connectivity index is 2.19. The molecule has 0 unspecified atom stereocenters. The van der Waals surface area contributed by atoms with Gasteiger partial charge in [0.25, 0.3) is 11.8 Å². The maximum Gasteiger partial charge on any atom is 0.292 e. The summed E-state index contributed by atoms with van der Waals surface area (Å²) >= 11 is 0. The van der Waals surface area contributed by atoms with Gasteiger partial charge in [-0.15, -0.1) is 0 Å². The predicted octanol–water partition coefficient (Wildman–Crippen LogP) is -0.888. The number of likely N-dealkylation sites (N-methyl/N-ethyl adjacent to an activating group) is 1. The fourth-order valence-corrected chi connectivity index (χ4v) is 2.02. The van der Waals surface area contributed by atoms with Crippen molar-refractivity contribution in [2.75, 3.05) is 31.7 Å². The lowest BCUT2D eigenvalue weighted by Crippen LogP contribution is -2.23. The standard InChI is InChI=1S/C13H20N8O2/c1-19(2)4-5-21-7-9(17-11(21)10(15)22)18-13(23)12-16-8(14)6-20(12)3/h6-7H,4-5,14H2,1-3H3,(H2,15,22)(H,18,23). The van der Waals surface area contributed by atoms with E-state index in [4.69, 9.17) is 11.5 Å². The average molecular weight is 320 g/mol. The van der Waals surface area contributed by atoms with Crippen molar-refractivity contribution in [3.05, 3.63) is 24.0 Å². The van der Waals surface area contributed by atoms with E-state index in [9.17, 15) is 9.59 Å². The molecular formula is C13H20N8O2. The fourth-order valence-electron chi connectivity index (χ4n) is 2.02. The first-order chi connectivity index (χ1) is 10.8. The summed E-state index contributed by atoms with van der Waals surface area (Å²) < 4.78 is 3.10. The zero-order valence-electron chi connectivity index (χ0n) is 13.3. The number of hydrogen-bond acceptors (Lipinski definition) is 6. The molecule has 2 rings (SSSR count). The van der Waals surface area contributed by atoms with Crippen LogP contribution in [0.5, 0.6) is 0 Å². The van der Waals surface area contributed by atoms with Crippen molar-refractivity contribution in [2.45, 2.75) is 6.54 Å². The number of carbonyl (C=O) groups excluding carboxylic acids is 2. The third kappa shape index (κ3) is 3.86. The fraction of sp³-hybridized carbons (Fsp3) is 0.385. The van der Waals surface area contributed by atoms with E-state index in [0.29, 0.717) is 13.1 Å². The summed E-state index contributed by atoms with van der Waals surface area (Å²) in [6, 6.07) is 0. The number of rotatable bonds is 6. The Morgan fingerprint density at radius 3 is 2.48 bits per heavy atom. The van der Waals surface area contributed by atoms with Crippen molar-refractivity contribution in [1.82, 2.24) is 24.0 Å². The molecule has 2 amide bonds. The molecule has 10 nitrogen and oxygen atoms in total. The normalized spacial score (nSPS) is 11.0. The molecular weight excluding hydrogens is 300 g/mol.